The summed E-state index contributed by atoms with van der Waals surface area (Å²) in [5, 5.41) is 2.61. The van der Waals surface area contributed by atoms with E-state index >= 15 is 0 Å². The van der Waals surface area contributed by atoms with E-state index in [2.05, 4.69) is 10.1 Å². The summed E-state index contributed by atoms with van der Waals surface area (Å²) in [5.41, 5.74) is 1.27. The van der Waals surface area contributed by atoms with Crippen LogP contribution < -0.4 is 5.32 Å². The van der Waals surface area contributed by atoms with Gasteiger partial charge in [-0.25, -0.2) is 4.79 Å². The highest BCUT2D eigenvalue weighted by molar-refractivity contribution is 5.98. The van der Waals surface area contributed by atoms with Gasteiger partial charge in [0.1, 0.15) is 12.1 Å². The van der Waals surface area contributed by atoms with Crippen molar-refractivity contribution in [3.63, 3.8) is 0 Å². The van der Waals surface area contributed by atoms with Gasteiger partial charge in [-0.1, -0.05) is 12.1 Å². The van der Waals surface area contributed by atoms with E-state index in [1.54, 1.807) is 36.1 Å². The van der Waals surface area contributed by atoms with Gasteiger partial charge in [0.15, 0.2) is 6.29 Å². The maximum atomic E-state index is 12.8. The minimum absolute atomic E-state index is 0.226. The molecule has 8 nitrogen and oxygen atoms in total. The van der Waals surface area contributed by atoms with Crippen LogP contribution in [0.1, 0.15) is 42.0 Å². The van der Waals surface area contributed by atoms with Crippen molar-refractivity contribution in [3.05, 3.63) is 35.4 Å². The number of ether oxygens (including phenoxy) is 3. The number of nitrogens with zero attached hydrogens (tertiary/aromatic N) is 1. The Balaban J connectivity index is 2.08. The SMILES string of the molecule is COC(=O)[C@H](C)NC(=O)[C@@H]1CCCN1C(=O)c1ccc(C(OC)OC)cc1. The van der Waals surface area contributed by atoms with E-state index in [-0.39, 0.29) is 11.8 Å². The summed E-state index contributed by atoms with van der Waals surface area (Å²) in [6, 6.07) is 5.53. The van der Waals surface area contributed by atoms with Gasteiger partial charge in [0.05, 0.1) is 7.11 Å². The molecule has 0 radical (unpaired) electrons. The molecule has 1 aliphatic heterocycles. The van der Waals surface area contributed by atoms with E-state index in [4.69, 9.17) is 9.47 Å². The predicted molar refractivity (Wildman–Crippen MR) is 96.9 cm³/mol. The zero-order chi connectivity index (χ0) is 20.0. The monoisotopic (exact) mass is 378 g/mol. The summed E-state index contributed by atoms with van der Waals surface area (Å²) in [6.07, 6.45) is 0.780. The molecular weight excluding hydrogens is 352 g/mol. The summed E-state index contributed by atoms with van der Waals surface area (Å²) in [5.74, 6) is -1.11. The van der Waals surface area contributed by atoms with Gasteiger partial charge < -0.3 is 24.4 Å². The lowest BCUT2D eigenvalue weighted by molar-refractivity contribution is -0.145. The maximum absolute atomic E-state index is 12.8. The van der Waals surface area contributed by atoms with E-state index < -0.39 is 24.3 Å². The number of hydrogen-bond donors (Lipinski definition) is 1. The fourth-order valence-electron chi connectivity index (χ4n) is 3.14. The first kappa shape index (κ1) is 20.9. The summed E-state index contributed by atoms with van der Waals surface area (Å²) in [7, 11) is 4.34. The summed E-state index contributed by atoms with van der Waals surface area (Å²) in [6.45, 7) is 2.04. The molecule has 0 aromatic heterocycles. The van der Waals surface area contributed by atoms with E-state index in [1.165, 1.54) is 21.3 Å². The van der Waals surface area contributed by atoms with Crippen LogP contribution in [-0.2, 0) is 23.8 Å². The van der Waals surface area contributed by atoms with Gasteiger partial charge >= 0.3 is 5.97 Å². The first-order chi connectivity index (χ1) is 12.9. The van der Waals surface area contributed by atoms with Gasteiger partial charge in [0, 0.05) is 31.9 Å². The molecule has 1 saturated heterocycles. The van der Waals surface area contributed by atoms with Crippen molar-refractivity contribution in [1.29, 1.82) is 0 Å². The maximum Gasteiger partial charge on any atom is 0.328 e. The second-order valence-corrected chi connectivity index (χ2v) is 6.34. The Morgan fingerprint density at radius 1 is 1.11 bits per heavy atom. The van der Waals surface area contributed by atoms with Crippen LogP contribution in [-0.4, -0.2) is 62.6 Å². The molecule has 0 aliphatic carbocycles. The Bertz CT molecular complexity index is 671. The van der Waals surface area contributed by atoms with Crippen LogP contribution in [0.4, 0.5) is 0 Å². The van der Waals surface area contributed by atoms with Gasteiger partial charge in [-0.2, -0.15) is 0 Å². The predicted octanol–water partition coefficient (Wildman–Crippen LogP) is 1.26. The van der Waals surface area contributed by atoms with Gasteiger partial charge in [0.25, 0.3) is 5.91 Å². The number of amides is 2. The normalized spacial score (nSPS) is 17.7. The number of benzene rings is 1. The number of nitrogens with one attached hydrogen (secondary N) is 1. The standard InChI is InChI=1S/C19H26N2O6/c1-12(18(24)25-2)20-16(22)15-6-5-11-21(15)17(23)13-7-9-14(10-8-13)19(26-3)27-4/h7-10,12,15,19H,5-6,11H2,1-4H3,(H,20,22)/t12-,15-/m0/s1. The topological polar surface area (TPSA) is 94.2 Å². The Labute approximate surface area is 158 Å². The van der Waals surface area contributed by atoms with Gasteiger partial charge in [0.2, 0.25) is 5.91 Å². The molecule has 1 N–H and O–H groups in total. The molecule has 1 aliphatic rings. The molecule has 27 heavy (non-hydrogen) atoms. The molecule has 1 heterocycles. The molecule has 1 aromatic carbocycles. The van der Waals surface area contributed by atoms with E-state index in [0.29, 0.717) is 18.5 Å². The van der Waals surface area contributed by atoms with Crippen molar-refractivity contribution in [2.75, 3.05) is 27.9 Å². The van der Waals surface area contributed by atoms with Crippen LogP contribution in [0, 0.1) is 0 Å². The molecular formula is C19H26N2O6. The number of hydrogen-bond acceptors (Lipinski definition) is 6. The zero-order valence-corrected chi connectivity index (χ0v) is 16.1. The van der Waals surface area contributed by atoms with Crippen LogP contribution in [0.15, 0.2) is 24.3 Å². The fraction of sp³-hybridized carbons (Fsp3) is 0.526. The second kappa shape index (κ2) is 9.48. The lowest BCUT2D eigenvalue weighted by Crippen LogP contribution is -2.50. The zero-order valence-electron chi connectivity index (χ0n) is 16.1. The number of esters is 1. The Morgan fingerprint density at radius 3 is 2.30 bits per heavy atom. The van der Waals surface area contributed by atoms with Gasteiger partial charge in [-0.05, 0) is 31.9 Å². The second-order valence-electron chi connectivity index (χ2n) is 6.34. The van der Waals surface area contributed by atoms with Crippen molar-refractivity contribution in [3.8, 4) is 0 Å². The van der Waals surface area contributed by atoms with Crippen LogP contribution in [0.3, 0.4) is 0 Å². The molecule has 0 bridgehead atoms. The first-order valence-electron chi connectivity index (χ1n) is 8.77. The minimum Gasteiger partial charge on any atom is -0.467 e. The highest BCUT2D eigenvalue weighted by Crippen LogP contribution is 2.22. The molecule has 1 aromatic rings. The van der Waals surface area contributed by atoms with Crippen molar-refractivity contribution >= 4 is 17.8 Å². The molecule has 2 amide bonds. The minimum atomic E-state index is -0.764. The first-order valence-corrected chi connectivity index (χ1v) is 8.77. The number of rotatable bonds is 7. The number of carbonyl (C=O) groups excluding carboxylic acids is 3. The van der Waals surface area contributed by atoms with Crippen LogP contribution in [0.25, 0.3) is 0 Å². The number of methoxy groups -OCH3 is 3. The highest BCUT2D eigenvalue weighted by atomic mass is 16.7. The third-order valence-electron chi connectivity index (χ3n) is 4.59. The van der Waals surface area contributed by atoms with Crippen molar-refractivity contribution in [2.24, 2.45) is 0 Å². The van der Waals surface area contributed by atoms with E-state index in [1.807, 2.05) is 0 Å². The Kier molecular flexibility index (Phi) is 7.32. The molecule has 2 rings (SSSR count). The van der Waals surface area contributed by atoms with Crippen molar-refractivity contribution in [1.82, 2.24) is 10.2 Å². The third-order valence-corrected chi connectivity index (χ3v) is 4.59. The van der Waals surface area contributed by atoms with Crippen molar-refractivity contribution < 1.29 is 28.6 Å². The van der Waals surface area contributed by atoms with E-state index in [0.717, 1.165) is 12.0 Å². The molecule has 0 unspecified atom stereocenters. The number of carbonyl (C=O) groups is 3. The van der Waals surface area contributed by atoms with Gasteiger partial charge in [-0.15, -0.1) is 0 Å². The molecule has 2 atom stereocenters. The lowest BCUT2D eigenvalue weighted by atomic mass is 10.1. The smallest absolute Gasteiger partial charge is 0.328 e. The average Bonchev–Trinajstić information content (AvgIpc) is 3.18. The molecule has 0 saturated carbocycles. The molecule has 148 valence electrons. The molecule has 8 heteroatoms. The van der Waals surface area contributed by atoms with Crippen LogP contribution in [0.5, 0.6) is 0 Å². The summed E-state index contributed by atoms with van der Waals surface area (Å²) in [4.78, 5) is 38.4. The Hall–Kier alpha value is -2.45. The lowest BCUT2D eigenvalue weighted by Gasteiger charge is -2.25. The van der Waals surface area contributed by atoms with Crippen molar-refractivity contribution in [2.45, 2.75) is 38.1 Å². The van der Waals surface area contributed by atoms with Gasteiger partial charge in [-0.3, -0.25) is 9.59 Å². The van der Waals surface area contributed by atoms with E-state index in [9.17, 15) is 14.4 Å². The number of likely N-dealkylation sites (tertiary alicyclic amines) is 1. The average molecular weight is 378 g/mol. The summed E-state index contributed by atoms with van der Waals surface area (Å²) >= 11 is 0. The van der Waals surface area contributed by atoms with Crippen LogP contribution in [0.2, 0.25) is 0 Å². The Morgan fingerprint density at radius 2 is 1.74 bits per heavy atom. The molecule has 0 spiro atoms. The molecule has 1 fully saturated rings. The highest BCUT2D eigenvalue weighted by Gasteiger charge is 2.35. The third kappa shape index (κ3) is 4.84. The largest absolute Gasteiger partial charge is 0.467 e. The quantitative estimate of drug-likeness (QED) is 0.567. The fourth-order valence-corrected chi connectivity index (χ4v) is 3.14. The van der Waals surface area contributed by atoms with Crippen LogP contribution >= 0.6 is 0 Å². The summed E-state index contributed by atoms with van der Waals surface area (Å²) < 4.78 is 15.0.